The van der Waals surface area contributed by atoms with E-state index in [1.165, 1.54) is 6.07 Å². The molecule has 1 aliphatic rings. The Labute approximate surface area is 196 Å². The monoisotopic (exact) mass is 465 g/mol. The van der Waals surface area contributed by atoms with Gasteiger partial charge in [0.15, 0.2) is 0 Å². The van der Waals surface area contributed by atoms with Crippen LogP contribution in [0.1, 0.15) is 13.8 Å². The highest BCUT2D eigenvalue weighted by Gasteiger charge is 2.23. The van der Waals surface area contributed by atoms with Gasteiger partial charge in [0, 0.05) is 36.4 Å². The normalized spacial score (nSPS) is 13.7. The van der Waals surface area contributed by atoms with Crippen LogP contribution in [0.4, 0.5) is 17.1 Å². The predicted octanol–water partition coefficient (Wildman–Crippen LogP) is 3.47. The number of methoxy groups -OCH3 is 1. The topological polar surface area (TPSA) is 112 Å². The second-order valence-corrected chi connectivity index (χ2v) is 8.22. The summed E-state index contributed by atoms with van der Waals surface area (Å²) in [5.74, 6) is 0.635. The van der Waals surface area contributed by atoms with Crippen LogP contribution in [-0.4, -0.2) is 54.2 Å². The molecule has 178 valence electrons. The third kappa shape index (κ3) is 4.86. The van der Waals surface area contributed by atoms with E-state index in [-0.39, 0.29) is 17.4 Å². The maximum atomic E-state index is 13.4. The van der Waals surface area contributed by atoms with Crippen LogP contribution in [0, 0.1) is 10.1 Å². The maximum Gasteiger partial charge on any atom is 0.295 e. The molecule has 0 unspecified atom stereocenters. The van der Waals surface area contributed by atoms with Gasteiger partial charge in [-0.2, -0.15) is 9.78 Å². The molecule has 0 saturated carbocycles. The summed E-state index contributed by atoms with van der Waals surface area (Å²) < 4.78 is 11.9. The zero-order valence-corrected chi connectivity index (χ0v) is 19.4. The first-order valence-corrected chi connectivity index (χ1v) is 11.0. The van der Waals surface area contributed by atoms with Crippen molar-refractivity contribution in [3.8, 4) is 22.7 Å². The molecule has 0 aliphatic carbocycles. The van der Waals surface area contributed by atoms with Crippen LogP contribution in [-0.2, 0) is 4.74 Å². The van der Waals surface area contributed by atoms with Crippen LogP contribution in [0.15, 0.2) is 53.3 Å². The standard InChI is InChI=1S/C24H27N5O5/c1-16(2)25-21-15-20(17-5-4-6-19(13-17)33-3)26-28(24(21)30)23-14-18(7-8-22(23)29(31)32)27-9-11-34-12-10-27/h4-8,13-16,25H,9-12H2,1-3H3. The lowest BCUT2D eigenvalue weighted by atomic mass is 10.1. The minimum Gasteiger partial charge on any atom is -0.497 e. The van der Waals surface area contributed by atoms with Crippen molar-refractivity contribution < 1.29 is 14.4 Å². The molecule has 0 radical (unpaired) electrons. The van der Waals surface area contributed by atoms with Crippen LogP contribution in [0.5, 0.6) is 5.75 Å². The number of hydrogen-bond donors (Lipinski definition) is 1. The molecule has 3 aromatic rings. The molecular formula is C24H27N5O5. The number of hydrogen-bond acceptors (Lipinski definition) is 8. The summed E-state index contributed by atoms with van der Waals surface area (Å²) in [6.07, 6.45) is 0. The highest BCUT2D eigenvalue weighted by molar-refractivity contribution is 5.67. The summed E-state index contributed by atoms with van der Waals surface area (Å²) >= 11 is 0. The number of nitrogens with zero attached hydrogens (tertiary/aromatic N) is 4. The van der Waals surface area contributed by atoms with E-state index >= 15 is 0 Å². The van der Waals surface area contributed by atoms with Gasteiger partial charge >= 0.3 is 0 Å². The third-order valence-electron chi connectivity index (χ3n) is 5.48. The maximum absolute atomic E-state index is 13.4. The SMILES string of the molecule is COc1cccc(-c2cc(NC(C)C)c(=O)n(-c3cc(N4CCOCC4)ccc3[N+](=O)[O-])n2)c1. The molecular weight excluding hydrogens is 438 g/mol. The molecule has 34 heavy (non-hydrogen) atoms. The summed E-state index contributed by atoms with van der Waals surface area (Å²) in [6.45, 7) is 6.28. The number of anilines is 2. The third-order valence-corrected chi connectivity index (χ3v) is 5.48. The summed E-state index contributed by atoms with van der Waals surface area (Å²) in [6, 6.07) is 13.7. The van der Waals surface area contributed by atoms with Crippen molar-refractivity contribution in [3.63, 3.8) is 0 Å². The van der Waals surface area contributed by atoms with Crippen LogP contribution in [0.2, 0.25) is 0 Å². The van der Waals surface area contributed by atoms with E-state index < -0.39 is 10.5 Å². The van der Waals surface area contributed by atoms with Gasteiger partial charge in [-0.15, -0.1) is 0 Å². The Morgan fingerprint density at radius 3 is 2.59 bits per heavy atom. The van der Waals surface area contributed by atoms with Gasteiger partial charge in [0.05, 0.1) is 30.9 Å². The number of nitro groups is 1. The van der Waals surface area contributed by atoms with Crippen molar-refractivity contribution in [1.29, 1.82) is 0 Å². The molecule has 1 N–H and O–H groups in total. The molecule has 10 nitrogen and oxygen atoms in total. The number of ether oxygens (including phenoxy) is 2. The van der Waals surface area contributed by atoms with E-state index in [0.29, 0.717) is 49.0 Å². The highest BCUT2D eigenvalue weighted by Crippen LogP contribution is 2.30. The fourth-order valence-corrected chi connectivity index (χ4v) is 3.85. The van der Waals surface area contributed by atoms with Crippen LogP contribution >= 0.6 is 0 Å². The fourth-order valence-electron chi connectivity index (χ4n) is 3.85. The highest BCUT2D eigenvalue weighted by atomic mass is 16.6. The van der Waals surface area contributed by atoms with Crippen molar-refractivity contribution in [1.82, 2.24) is 9.78 Å². The Balaban J connectivity index is 1.93. The Morgan fingerprint density at radius 2 is 1.91 bits per heavy atom. The molecule has 2 heterocycles. The Kier molecular flexibility index (Phi) is 6.78. The molecule has 0 spiro atoms. The number of rotatable bonds is 7. The molecule has 0 atom stereocenters. The molecule has 1 aliphatic heterocycles. The molecule has 10 heteroatoms. The van der Waals surface area contributed by atoms with Crippen molar-refractivity contribution in [2.45, 2.75) is 19.9 Å². The first kappa shape index (κ1) is 23.2. The fraction of sp³-hybridized carbons (Fsp3) is 0.333. The second-order valence-electron chi connectivity index (χ2n) is 8.22. The molecule has 0 bridgehead atoms. The lowest BCUT2D eigenvalue weighted by molar-refractivity contribution is -0.384. The van der Waals surface area contributed by atoms with Gasteiger partial charge in [-0.25, -0.2) is 0 Å². The zero-order valence-electron chi connectivity index (χ0n) is 19.4. The molecule has 1 fully saturated rings. The van der Waals surface area contributed by atoms with E-state index in [0.717, 1.165) is 10.4 Å². The van der Waals surface area contributed by atoms with Crippen LogP contribution in [0.3, 0.4) is 0 Å². The molecule has 4 rings (SSSR count). The van der Waals surface area contributed by atoms with E-state index in [9.17, 15) is 14.9 Å². The minimum absolute atomic E-state index is 0.0311. The molecule has 1 aromatic heterocycles. The number of benzene rings is 2. The second kappa shape index (κ2) is 9.92. The van der Waals surface area contributed by atoms with Gasteiger partial charge < -0.3 is 19.7 Å². The molecule has 1 saturated heterocycles. The summed E-state index contributed by atoms with van der Waals surface area (Å²) in [5, 5.41) is 19.6. The van der Waals surface area contributed by atoms with Gasteiger partial charge in [-0.05, 0) is 44.2 Å². The summed E-state index contributed by atoms with van der Waals surface area (Å²) in [5.41, 5.74) is 1.69. The van der Waals surface area contributed by atoms with E-state index in [4.69, 9.17) is 9.47 Å². The number of aromatic nitrogens is 2. The molecule has 2 aromatic carbocycles. The quantitative estimate of drug-likeness (QED) is 0.417. The lowest BCUT2D eigenvalue weighted by Gasteiger charge is -2.29. The summed E-state index contributed by atoms with van der Waals surface area (Å²) in [7, 11) is 1.57. The smallest absolute Gasteiger partial charge is 0.295 e. The minimum atomic E-state index is -0.500. The largest absolute Gasteiger partial charge is 0.497 e. The van der Waals surface area contributed by atoms with Gasteiger partial charge in [-0.1, -0.05) is 12.1 Å². The predicted molar refractivity (Wildman–Crippen MR) is 130 cm³/mol. The van der Waals surface area contributed by atoms with Gasteiger partial charge in [0.2, 0.25) is 0 Å². The Morgan fingerprint density at radius 1 is 1.15 bits per heavy atom. The first-order valence-electron chi connectivity index (χ1n) is 11.0. The van der Waals surface area contributed by atoms with E-state index in [2.05, 4.69) is 15.3 Å². The Hall–Kier alpha value is -3.92. The van der Waals surface area contributed by atoms with Crippen molar-refractivity contribution in [2.75, 3.05) is 43.6 Å². The van der Waals surface area contributed by atoms with Crippen molar-refractivity contribution >= 4 is 17.1 Å². The van der Waals surface area contributed by atoms with Crippen molar-refractivity contribution in [3.05, 3.63) is 69.0 Å². The average Bonchev–Trinajstić information content (AvgIpc) is 2.85. The van der Waals surface area contributed by atoms with Crippen LogP contribution in [0.25, 0.3) is 16.9 Å². The zero-order chi connectivity index (χ0) is 24.2. The lowest BCUT2D eigenvalue weighted by Crippen LogP contribution is -2.36. The Bertz CT molecular complexity index is 1250. The van der Waals surface area contributed by atoms with Gasteiger partial charge in [0.1, 0.15) is 17.1 Å². The molecule has 0 amide bonds. The van der Waals surface area contributed by atoms with Gasteiger partial charge in [0.25, 0.3) is 11.2 Å². The first-order chi connectivity index (χ1) is 16.4. The van der Waals surface area contributed by atoms with Crippen LogP contribution < -0.4 is 20.5 Å². The van der Waals surface area contributed by atoms with Gasteiger partial charge in [-0.3, -0.25) is 14.9 Å². The average molecular weight is 466 g/mol. The van der Waals surface area contributed by atoms with E-state index in [1.54, 1.807) is 31.4 Å². The van der Waals surface area contributed by atoms with E-state index in [1.807, 2.05) is 32.0 Å². The number of nitro benzene ring substituents is 1. The van der Waals surface area contributed by atoms with Crippen molar-refractivity contribution in [2.24, 2.45) is 0 Å². The number of morpholine rings is 1. The number of nitrogens with one attached hydrogen (secondary N) is 1. The summed E-state index contributed by atoms with van der Waals surface area (Å²) in [4.78, 5) is 26.9.